The molecule has 0 aromatic heterocycles. The lowest BCUT2D eigenvalue weighted by molar-refractivity contribution is 0.563. The van der Waals surface area contributed by atoms with Gasteiger partial charge in [-0.1, -0.05) is 13.0 Å². The number of nitriles is 1. The summed E-state index contributed by atoms with van der Waals surface area (Å²) in [7, 11) is 0. The first-order chi connectivity index (χ1) is 9.10. The van der Waals surface area contributed by atoms with E-state index < -0.39 is 0 Å². The highest BCUT2D eigenvalue weighted by atomic mass is 15.2. The van der Waals surface area contributed by atoms with Gasteiger partial charge in [-0.2, -0.15) is 5.26 Å². The van der Waals surface area contributed by atoms with E-state index in [9.17, 15) is 0 Å². The van der Waals surface area contributed by atoms with Crippen LogP contribution in [0.5, 0.6) is 0 Å². The van der Waals surface area contributed by atoms with E-state index in [4.69, 9.17) is 5.26 Å². The van der Waals surface area contributed by atoms with Crippen LogP contribution < -0.4 is 10.2 Å². The zero-order valence-corrected chi connectivity index (χ0v) is 12.1. The predicted octanol–water partition coefficient (Wildman–Crippen LogP) is 2.63. The van der Waals surface area contributed by atoms with Crippen molar-refractivity contribution in [3.05, 3.63) is 29.3 Å². The molecule has 2 atom stereocenters. The van der Waals surface area contributed by atoms with E-state index in [-0.39, 0.29) is 6.04 Å². The van der Waals surface area contributed by atoms with Gasteiger partial charge in [-0.25, -0.2) is 0 Å². The van der Waals surface area contributed by atoms with Crippen LogP contribution in [-0.2, 0) is 0 Å². The van der Waals surface area contributed by atoms with Crippen molar-refractivity contribution < 1.29 is 0 Å². The van der Waals surface area contributed by atoms with Crippen LogP contribution in [0.25, 0.3) is 0 Å². The van der Waals surface area contributed by atoms with Crippen LogP contribution in [0, 0.1) is 31.1 Å². The second-order valence-electron chi connectivity index (χ2n) is 5.78. The number of aryl methyl sites for hydroxylation is 2. The monoisotopic (exact) mass is 257 g/mol. The smallest absolute Gasteiger partial charge is 0.0643 e. The van der Waals surface area contributed by atoms with Crippen molar-refractivity contribution in [2.45, 2.75) is 33.2 Å². The Morgan fingerprint density at radius 2 is 1.95 bits per heavy atom. The van der Waals surface area contributed by atoms with Gasteiger partial charge >= 0.3 is 0 Å². The van der Waals surface area contributed by atoms with Crippen LogP contribution in [0.4, 0.5) is 5.69 Å². The van der Waals surface area contributed by atoms with Gasteiger partial charge in [-0.3, -0.25) is 0 Å². The summed E-state index contributed by atoms with van der Waals surface area (Å²) in [5.41, 5.74) is 3.83. The molecule has 1 aliphatic heterocycles. The molecular weight excluding hydrogens is 234 g/mol. The maximum absolute atomic E-state index is 9.05. The molecule has 1 aliphatic rings. The molecule has 3 nitrogen and oxygen atoms in total. The van der Waals surface area contributed by atoms with Crippen molar-refractivity contribution in [1.82, 2.24) is 5.32 Å². The van der Waals surface area contributed by atoms with Gasteiger partial charge in [0.15, 0.2) is 0 Å². The van der Waals surface area contributed by atoms with Gasteiger partial charge in [-0.05, 0) is 49.6 Å². The quantitative estimate of drug-likeness (QED) is 0.885. The van der Waals surface area contributed by atoms with Crippen molar-refractivity contribution in [3.8, 4) is 6.07 Å². The van der Waals surface area contributed by atoms with Crippen LogP contribution in [0.2, 0.25) is 0 Å². The van der Waals surface area contributed by atoms with E-state index in [0.717, 1.165) is 19.6 Å². The van der Waals surface area contributed by atoms with Gasteiger partial charge in [0.25, 0.3) is 0 Å². The normalized spacial score (nSPS) is 23.8. The average molecular weight is 257 g/mol. The summed E-state index contributed by atoms with van der Waals surface area (Å²) in [5, 5.41) is 12.5. The molecule has 0 amide bonds. The summed E-state index contributed by atoms with van der Waals surface area (Å²) in [6.07, 6.45) is 0.576. The predicted molar refractivity (Wildman–Crippen MR) is 79.3 cm³/mol. The van der Waals surface area contributed by atoms with Crippen LogP contribution >= 0.6 is 0 Å². The van der Waals surface area contributed by atoms with Gasteiger partial charge < -0.3 is 10.2 Å². The molecule has 0 bridgehead atoms. The van der Waals surface area contributed by atoms with Gasteiger partial charge in [0.2, 0.25) is 0 Å². The Morgan fingerprint density at radius 3 is 2.58 bits per heavy atom. The second kappa shape index (κ2) is 6.08. The first-order valence-corrected chi connectivity index (χ1v) is 7.02. The molecule has 19 heavy (non-hydrogen) atoms. The molecule has 102 valence electrons. The minimum absolute atomic E-state index is 0.274. The molecule has 2 unspecified atom stereocenters. The molecule has 0 saturated carbocycles. The maximum Gasteiger partial charge on any atom is 0.0643 e. The number of nitrogens with one attached hydrogen (secondary N) is 1. The summed E-state index contributed by atoms with van der Waals surface area (Å²) in [6.45, 7) is 9.47. The fourth-order valence-corrected chi connectivity index (χ4v) is 2.88. The summed E-state index contributed by atoms with van der Waals surface area (Å²) < 4.78 is 0. The summed E-state index contributed by atoms with van der Waals surface area (Å²) >= 11 is 0. The van der Waals surface area contributed by atoms with Crippen molar-refractivity contribution >= 4 is 5.69 Å². The summed E-state index contributed by atoms with van der Waals surface area (Å²) in [6, 6.07) is 9.26. The van der Waals surface area contributed by atoms with Crippen LogP contribution in [0.1, 0.15) is 24.5 Å². The van der Waals surface area contributed by atoms with Crippen LogP contribution in [0.3, 0.4) is 0 Å². The number of hydrogen-bond acceptors (Lipinski definition) is 3. The lowest BCUT2D eigenvalue weighted by atomic mass is 10.1. The Hall–Kier alpha value is -1.53. The van der Waals surface area contributed by atoms with Crippen molar-refractivity contribution in [1.29, 1.82) is 5.26 Å². The zero-order chi connectivity index (χ0) is 13.8. The lowest BCUT2D eigenvalue weighted by Crippen LogP contribution is -2.40. The van der Waals surface area contributed by atoms with E-state index in [0.29, 0.717) is 12.3 Å². The van der Waals surface area contributed by atoms with E-state index >= 15 is 0 Å². The molecule has 1 aromatic rings. The molecule has 2 rings (SSSR count). The van der Waals surface area contributed by atoms with Crippen molar-refractivity contribution in [2.24, 2.45) is 5.92 Å². The first-order valence-electron chi connectivity index (χ1n) is 7.02. The molecule has 1 saturated heterocycles. The molecule has 1 aromatic carbocycles. The Kier molecular flexibility index (Phi) is 4.44. The first kappa shape index (κ1) is 13.9. The van der Waals surface area contributed by atoms with Crippen molar-refractivity contribution in [2.75, 3.05) is 24.5 Å². The SMILES string of the molecule is Cc1cc(C)cc(N2CC(C)CNCC2CC#N)c1. The van der Waals surface area contributed by atoms with Crippen LogP contribution in [0.15, 0.2) is 18.2 Å². The number of anilines is 1. The highest BCUT2D eigenvalue weighted by Gasteiger charge is 2.24. The molecule has 0 aliphatic carbocycles. The highest BCUT2D eigenvalue weighted by Crippen LogP contribution is 2.24. The highest BCUT2D eigenvalue weighted by molar-refractivity contribution is 5.52. The van der Waals surface area contributed by atoms with Gasteiger partial charge in [0, 0.05) is 18.8 Å². The third kappa shape index (κ3) is 3.48. The van der Waals surface area contributed by atoms with Crippen molar-refractivity contribution in [3.63, 3.8) is 0 Å². The van der Waals surface area contributed by atoms with Gasteiger partial charge in [-0.15, -0.1) is 0 Å². The zero-order valence-electron chi connectivity index (χ0n) is 12.1. The molecule has 3 heteroatoms. The van der Waals surface area contributed by atoms with E-state index in [1.807, 2.05) is 0 Å². The largest absolute Gasteiger partial charge is 0.366 e. The Labute approximate surface area is 116 Å². The fourth-order valence-electron chi connectivity index (χ4n) is 2.88. The number of benzene rings is 1. The molecular formula is C16H23N3. The number of rotatable bonds is 2. The summed E-state index contributed by atoms with van der Waals surface area (Å²) in [4.78, 5) is 2.41. The molecule has 1 fully saturated rings. The minimum atomic E-state index is 0.274. The van der Waals surface area contributed by atoms with E-state index in [2.05, 4.69) is 55.3 Å². The summed E-state index contributed by atoms with van der Waals surface area (Å²) in [5.74, 6) is 0.601. The third-order valence-corrected chi connectivity index (χ3v) is 3.69. The Morgan fingerprint density at radius 1 is 1.26 bits per heavy atom. The maximum atomic E-state index is 9.05. The molecule has 0 spiro atoms. The third-order valence-electron chi connectivity index (χ3n) is 3.69. The average Bonchev–Trinajstić information content (AvgIpc) is 2.51. The van der Waals surface area contributed by atoms with E-state index in [1.165, 1.54) is 16.8 Å². The Balaban J connectivity index is 2.32. The molecule has 0 radical (unpaired) electrons. The number of hydrogen-bond donors (Lipinski definition) is 1. The van der Waals surface area contributed by atoms with E-state index in [1.54, 1.807) is 0 Å². The van der Waals surface area contributed by atoms with Gasteiger partial charge in [0.05, 0.1) is 18.5 Å². The van der Waals surface area contributed by atoms with Crippen LogP contribution in [-0.4, -0.2) is 25.7 Å². The number of nitrogens with zero attached hydrogens (tertiary/aromatic N) is 2. The topological polar surface area (TPSA) is 39.1 Å². The lowest BCUT2D eigenvalue weighted by Gasteiger charge is -2.32. The molecule has 1 heterocycles. The van der Waals surface area contributed by atoms with Gasteiger partial charge in [0.1, 0.15) is 0 Å². The second-order valence-corrected chi connectivity index (χ2v) is 5.78. The fraction of sp³-hybridized carbons (Fsp3) is 0.562. The minimum Gasteiger partial charge on any atom is -0.366 e. The Bertz CT molecular complexity index is 455. The standard InChI is InChI=1S/C16H23N3/c1-12-6-13(2)8-16(7-12)19-11-14(3)9-18-10-15(19)4-5-17/h6-8,14-15,18H,4,9-11H2,1-3H3. The molecule has 1 N–H and O–H groups in total.